The minimum absolute atomic E-state index is 0.0230. The first-order valence-electron chi connectivity index (χ1n) is 7.68. The number of nitrogens with one attached hydrogen (secondary N) is 1. The van der Waals surface area contributed by atoms with Crippen molar-refractivity contribution in [1.82, 2.24) is 10.2 Å². The molecule has 0 aromatic rings. The summed E-state index contributed by atoms with van der Waals surface area (Å²) < 4.78 is 5.54. The Kier molecular flexibility index (Phi) is 4.37. The van der Waals surface area contributed by atoms with Crippen molar-refractivity contribution in [3.05, 3.63) is 0 Å². The molecule has 0 aromatic carbocycles. The summed E-state index contributed by atoms with van der Waals surface area (Å²) in [6.07, 6.45) is 2.63. The summed E-state index contributed by atoms with van der Waals surface area (Å²) in [7, 11) is 0. The van der Waals surface area contributed by atoms with Crippen molar-refractivity contribution in [2.75, 3.05) is 13.2 Å². The summed E-state index contributed by atoms with van der Waals surface area (Å²) in [6.45, 7) is 8.80. The molecule has 1 heterocycles. The number of rotatable bonds is 6. The Morgan fingerprint density at radius 1 is 1.40 bits per heavy atom. The van der Waals surface area contributed by atoms with Gasteiger partial charge < -0.3 is 15.0 Å². The van der Waals surface area contributed by atoms with E-state index in [9.17, 15) is 9.59 Å². The molecule has 1 saturated heterocycles. The fourth-order valence-corrected chi connectivity index (χ4v) is 3.14. The zero-order valence-corrected chi connectivity index (χ0v) is 12.9. The highest BCUT2D eigenvalue weighted by Gasteiger charge is 2.55. The van der Waals surface area contributed by atoms with Gasteiger partial charge in [0, 0.05) is 13.2 Å². The van der Waals surface area contributed by atoms with E-state index in [2.05, 4.69) is 5.32 Å². The largest absolute Gasteiger partial charge is 0.377 e. The molecule has 0 bridgehead atoms. The van der Waals surface area contributed by atoms with E-state index in [-0.39, 0.29) is 24.0 Å². The maximum Gasteiger partial charge on any atom is 0.249 e. The lowest BCUT2D eigenvalue weighted by Gasteiger charge is -2.45. The minimum atomic E-state index is -0.714. The van der Waals surface area contributed by atoms with Crippen LogP contribution < -0.4 is 5.32 Å². The first-order chi connectivity index (χ1) is 9.43. The molecule has 1 aliphatic heterocycles. The van der Waals surface area contributed by atoms with E-state index in [1.807, 2.05) is 27.7 Å². The average molecular weight is 282 g/mol. The number of ether oxygens (including phenoxy) is 1. The van der Waals surface area contributed by atoms with E-state index < -0.39 is 5.54 Å². The van der Waals surface area contributed by atoms with Crippen molar-refractivity contribution < 1.29 is 14.3 Å². The summed E-state index contributed by atoms with van der Waals surface area (Å²) in [5, 5.41) is 2.97. The van der Waals surface area contributed by atoms with Crippen LogP contribution >= 0.6 is 0 Å². The van der Waals surface area contributed by atoms with Gasteiger partial charge in [-0.15, -0.1) is 0 Å². The lowest BCUT2D eigenvalue weighted by atomic mass is 9.88. The lowest BCUT2D eigenvalue weighted by molar-refractivity contribution is -0.157. The molecule has 2 amide bonds. The fourth-order valence-electron chi connectivity index (χ4n) is 3.14. The van der Waals surface area contributed by atoms with Crippen LogP contribution in [0.4, 0.5) is 0 Å². The number of amides is 2. The third kappa shape index (κ3) is 2.68. The molecular weight excluding hydrogens is 256 g/mol. The van der Waals surface area contributed by atoms with Crippen molar-refractivity contribution in [3.8, 4) is 0 Å². The molecule has 114 valence electrons. The van der Waals surface area contributed by atoms with Gasteiger partial charge in [-0.05, 0) is 46.0 Å². The highest BCUT2D eigenvalue weighted by molar-refractivity contribution is 6.00. The topological polar surface area (TPSA) is 58.6 Å². The number of hydrogen-bond acceptors (Lipinski definition) is 3. The van der Waals surface area contributed by atoms with E-state index in [1.54, 1.807) is 4.90 Å². The molecule has 1 N–H and O–H groups in total. The zero-order valence-electron chi connectivity index (χ0n) is 12.9. The molecule has 5 nitrogen and oxygen atoms in total. The summed E-state index contributed by atoms with van der Waals surface area (Å²) in [6, 6.07) is -0.364. The third-order valence-electron chi connectivity index (χ3n) is 4.45. The Labute approximate surface area is 121 Å². The molecule has 0 aromatic heterocycles. The molecule has 3 atom stereocenters. The molecule has 2 rings (SSSR count). The molecular formula is C15H26N2O3. The predicted octanol–water partition coefficient (Wildman–Crippen LogP) is 1.32. The standard InChI is InChI=1S/C15H26N2O3/c1-5-12-13(18)16-15(4,11-7-8-11)14(19)17(12)9-10(3)20-6-2/h10-12H,5-9H2,1-4H3,(H,16,18). The van der Waals surface area contributed by atoms with Gasteiger partial charge in [-0.25, -0.2) is 0 Å². The summed E-state index contributed by atoms with van der Waals surface area (Å²) >= 11 is 0. The van der Waals surface area contributed by atoms with Crippen molar-refractivity contribution in [2.45, 2.75) is 64.6 Å². The van der Waals surface area contributed by atoms with Crippen LogP contribution in [0.2, 0.25) is 0 Å². The molecule has 2 fully saturated rings. The van der Waals surface area contributed by atoms with Crippen molar-refractivity contribution in [3.63, 3.8) is 0 Å². The number of hydrogen-bond donors (Lipinski definition) is 1. The average Bonchev–Trinajstić information content (AvgIpc) is 3.20. The first-order valence-corrected chi connectivity index (χ1v) is 7.68. The SMILES string of the molecule is CCOC(C)CN1C(=O)C(C)(C2CC2)NC(=O)C1CC. The van der Waals surface area contributed by atoms with E-state index in [0.717, 1.165) is 12.8 Å². The van der Waals surface area contributed by atoms with Crippen molar-refractivity contribution in [2.24, 2.45) is 5.92 Å². The Morgan fingerprint density at radius 2 is 2.05 bits per heavy atom. The van der Waals surface area contributed by atoms with Gasteiger partial charge >= 0.3 is 0 Å². The monoisotopic (exact) mass is 282 g/mol. The van der Waals surface area contributed by atoms with Crippen LogP contribution in [-0.4, -0.2) is 47.6 Å². The van der Waals surface area contributed by atoms with Gasteiger partial charge in [-0.2, -0.15) is 0 Å². The van der Waals surface area contributed by atoms with Gasteiger partial charge in [0.2, 0.25) is 11.8 Å². The van der Waals surface area contributed by atoms with Gasteiger partial charge in [0.1, 0.15) is 11.6 Å². The molecule has 2 aliphatic rings. The second kappa shape index (κ2) is 5.72. The predicted molar refractivity (Wildman–Crippen MR) is 76.2 cm³/mol. The number of carbonyl (C=O) groups is 2. The van der Waals surface area contributed by atoms with Gasteiger partial charge in [0.25, 0.3) is 0 Å². The van der Waals surface area contributed by atoms with Gasteiger partial charge in [-0.3, -0.25) is 9.59 Å². The Hall–Kier alpha value is -1.10. The summed E-state index contributed by atoms with van der Waals surface area (Å²) in [5.74, 6) is 0.324. The van der Waals surface area contributed by atoms with E-state index in [1.165, 1.54) is 0 Å². The third-order valence-corrected chi connectivity index (χ3v) is 4.45. The van der Waals surface area contributed by atoms with Crippen LogP contribution in [0.5, 0.6) is 0 Å². The highest BCUT2D eigenvalue weighted by Crippen LogP contribution is 2.42. The van der Waals surface area contributed by atoms with Crippen LogP contribution in [0, 0.1) is 5.92 Å². The second-order valence-corrected chi connectivity index (χ2v) is 6.11. The summed E-state index contributed by atoms with van der Waals surface area (Å²) in [5.41, 5.74) is -0.714. The van der Waals surface area contributed by atoms with Crippen LogP contribution in [0.3, 0.4) is 0 Å². The minimum Gasteiger partial charge on any atom is -0.377 e. The molecule has 5 heteroatoms. The fraction of sp³-hybridized carbons (Fsp3) is 0.867. The van der Waals surface area contributed by atoms with E-state index >= 15 is 0 Å². The zero-order chi connectivity index (χ0) is 14.9. The molecule has 3 unspecified atom stereocenters. The molecule has 20 heavy (non-hydrogen) atoms. The first kappa shape index (κ1) is 15.3. The van der Waals surface area contributed by atoms with Crippen LogP contribution in [0.1, 0.15) is 47.0 Å². The Balaban J connectivity index is 2.18. The number of carbonyl (C=O) groups excluding carboxylic acids is 2. The molecule has 0 spiro atoms. The van der Waals surface area contributed by atoms with Crippen molar-refractivity contribution >= 4 is 11.8 Å². The normalized spacial score (nSPS) is 32.2. The molecule has 0 radical (unpaired) electrons. The molecule has 1 aliphatic carbocycles. The maximum atomic E-state index is 12.8. The second-order valence-electron chi connectivity index (χ2n) is 6.11. The lowest BCUT2D eigenvalue weighted by Crippen LogP contribution is -2.70. The quantitative estimate of drug-likeness (QED) is 0.799. The van der Waals surface area contributed by atoms with Crippen LogP contribution in [0.25, 0.3) is 0 Å². The van der Waals surface area contributed by atoms with Gasteiger partial charge in [-0.1, -0.05) is 6.92 Å². The van der Waals surface area contributed by atoms with Crippen LogP contribution in [0.15, 0.2) is 0 Å². The smallest absolute Gasteiger partial charge is 0.249 e. The number of nitrogens with zero attached hydrogens (tertiary/aromatic N) is 1. The van der Waals surface area contributed by atoms with Gasteiger partial charge in [0.15, 0.2) is 0 Å². The highest BCUT2D eigenvalue weighted by atomic mass is 16.5. The van der Waals surface area contributed by atoms with Crippen LogP contribution in [-0.2, 0) is 14.3 Å². The Morgan fingerprint density at radius 3 is 2.55 bits per heavy atom. The maximum absolute atomic E-state index is 12.8. The Bertz CT molecular complexity index is 395. The summed E-state index contributed by atoms with van der Waals surface area (Å²) in [4.78, 5) is 26.9. The van der Waals surface area contributed by atoms with Gasteiger partial charge in [0.05, 0.1) is 6.10 Å². The van der Waals surface area contributed by atoms with Crippen molar-refractivity contribution in [1.29, 1.82) is 0 Å². The van der Waals surface area contributed by atoms with E-state index in [4.69, 9.17) is 4.74 Å². The van der Waals surface area contributed by atoms with E-state index in [0.29, 0.717) is 25.5 Å². The number of piperazine rings is 1. The molecule has 1 saturated carbocycles.